The molecule has 0 atom stereocenters. The summed E-state index contributed by atoms with van der Waals surface area (Å²) < 4.78 is 0. The minimum atomic E-state index is -0.00590. The molecular weight excluding hydrogens is 308 g/mol. The number of aromatic nitrogens is 1. The molecule has 1 aliphatic rings. The number of nitrogens with zero attached hydrogens (tertiary/aromatic N) is 2. The third-order valence-electron chi connectivity index (χ3n) is 4.94. The molecule has 0 spiro atoms. The van der Waals surface area contributed by atoms with Gasteiger partial charge in [0.1, 0.15) is 10.7 Å². The molecule has 0 saturated carbocycles. The monoisotopic (exact) mass is 330 g/mol. The average Bonchev–Trinajstić information content (AvgIpc) is 3.12. The Kier molecular flexibility index (Phi) is 4.78. The molecule has 2 heterocycles. The highest BCUT2D eigenvalue weighted by molar-refractivity contribution is 7.13. The van der Waals surface area contributed by atoms with E-state index in [9.17, 15) is 9.90 Å². The third kappa shape index (κ3) is 3.31. The van der Waals surface area contributed by atoms with Crippen LogP contribution in [0.5, 0.6) is 0 Å². The van der Waals surface area contributed by atoms with E-state index in [-0.39, 0.29) is 17.9 Å². The van der Waals surface area contributed by atoms with E-state index in [0.29, 0.717) is 18.8 Å². The summed E-state index contributed by atoms with van der Waals surface area (Å²) in [6.45, 7) is 3.72. The zero-order valence-electron chi connectivity index (χ0n) is 13.4. The van der Waals surface area contributed by atoms with Crippen molar-refractivity contribution >= 4 is 17.2 Å². The van der Waals surface area contributed by atoms with Crippen LogP contribution in [-0.4, -0.2) is 40.6 Å². The Balaban J connectivity index is 1.69. The van der Waals surface area contributed by atoms with E-state index in [1.165, 1.54) is 11.3 Å². The smallest absolute Gasteiger partial charge is 0.273 e. The van der Waals surface area contributed by atoms with Crippen LogP contribution in [0.2, 0.25) is 0 Å². The summed E-state index contributed by atoms with van der Waals surface area (Å²) >= 11 is 1.51. The summed E-state index contributed by atoms with van der Waals surface area (Å²) in [4.78, 5) is 19.0. The number of amides is 1. The quantitative estimate of drug-likeness (QED) is 0.934. The molecule has 3 rings (SSSR count). The lowest BCUT2D eigenvalue weighted by atomic mass is 9.77. The Morgan fingerprint density at radius 3 is 2.61 bits per heavy atom. The topological polar surface area (TPSA) is 53.4 Å². The fourth-order valence-electron chi connectivity index (χ4n) is 3.05. The van der Waals surface area contributed by atoms with Crippen molar-refractivity contribution in [3.63, 3.8) is 0 Å². The first-order chi connectivity index (χ1) is 11.2. The van der Waals surface area contributed by atoms with Crippen molar-refractivity contribution < 1.29 is 9.90 Å². The van der Waals surface area contributed by atoms with E-state index in [1.54, 1.807) is 0 Å². The highest BCUT2D eigenvalue weighted by atomic mass is 32.1. The highest BCUT2D eigenvalue weighted by Crippen LogP contribution is 2.34. The molecule has 1 aromatic heterocycles. The molecule has 0 radical (unpaired) electrons. The Bertz CT molecular complexity index is 655. The molecule has 4 nitrogen and oxygen atoms in total. The minimum absolute atomic E-state index is 0.00562. The SMILES string of the molecule is CCC1(CO)CCN(C(=O)c2csc(-c3ccccc3)n2)CC1. The second-order valence-corrected chi connectivity index (χ2v) is 7.07. The van der Waals surface area contributed by atoms with E-state index in [1.807, 2.05) is 40.6 Å². The molecule has 2 aromatic rings. The van der Waals surface area contributed by atoms with E-state index < -0.39 is 0 Å². The van der Waals surface area contributed by atoms with Gasteiger partial charge in [0, 0.05) is 30.6 Å². The van der Waals surface area contributed by atoms with Gasteiger partial charge in [-0.3, -0.25) is 4.79 Å². The lowest BCUT2D eigenvalue weighted by molar-refractivity contribution is 0.0335. The Hall–Kier alpha value is -1.72. The molecule has 1 fully saturated rings. The zero-order chi connectivity index (χ0) is 16.3. The van der Waals surface area contributed by atoms with E-state index in [4.69, 9.17) is 0 Å². The summed E-state index contributed by atoms with van der Waals surface area (Å²) in [6.07, 6.45) is 2.68. The Morgan fingerprint density at radius 2 is 2.00 bits per heavy atom. The van der Waals surface area contributed by atoms with Gasteiger partial charge in [-0.2, -0.15) is 0 Å². The van der Waals surface area contributed by atoms with Crippen molar-refractivity contribution in [3.05, 3.63) is 41.4 Å². The summed E-state index contributed by atoms with van der Waals surface area (Å²) in [7, 11) is 0. The zero-order valence-corrected chi connectivity index (χ0v) is 14.2. The number of aliphatic hydroxyl groups is 1. The van der Waals surface area contributed by atoms with Gasteiger partial charge in [-0.1, -0.05) is 37.3 Å². The average molecular weight is 330 g/mol. The molecule has 1 saturated heterocycles. The number of likely N-dealkylation sites (tertiary alicyclic amines) is 1. The number of benzene rings is 1. The Morgan fingerprint density at radius 1 is 1.30 bits per heavy atom. The molecule has 1 N–H and O–H groups in total. The molecule has 23 heavy (non-hydrogen) atoms. The second-order valence-electron chi connectivity index (χ2n) is 6.21. The molecular formula is C18H22N2O2S. The van der Waals surface area contributed by atoms with Crippen molar-refractivity contribution in [3.8, 4) is 10.6 Å². The van der Waals surface area contributed by atoms with Gasteiger partial charge in [0.25, 0.3) is 5.91 Å². The fraction of sp³-hybridized carbons (Fsp3) is 0.444. The number of carbonyl (C=O) groups is 1. The summed E-state index contributed by atoms with van der Waals surface area (Å²) in [5, 5.41) is 12.3. The van der Waals surface area contributed by atoms with Crippen LogP contribution in [0.25, 0.3) is 10.6 Å². The number of piperidine rings is 1. The molecule has 1 amide bonds. The third-order valence-corrected chi connectivity index (χ3v) is 5.83. The maximum atomic E-state index is 12.6. The van der Waals surface area contributed by atoms with Gasteiger partial charge in [-0.05, 0) is 24.7 Å². The standard InChI is InChI=1S/C18H22N2O2S/c1-2-18(13-21)8-10-20(11-9-18)17(22)15-12-23-16(19-15)14-6-4-3-5-7-14/h3-7,12,21H,2,8-11,13H2,1H3. The summed E-state index contributed by atoms with van der Waals surface area (Å²) in [5.74, 6) is 0.00562. The van der Waals surface area contributed by atoms with Gasteiger partial charge in [-0.25, -0.2) is 4.98 Å². The van der Waals surface area contributed by atoms with E-state index in [2.05, 4.69) is 11.9 Å². The van der Waals surface area contributed by atoms with E-state index >= 15 is 0 Å². The molecule has 0 unspecified atom stereocenters. The maximum Gasteiger partial charge on any atom is 0.273 e. The lowest BCUT2D eigenvalue weighted by Gasteiger charge is -2.40. The first kappa shape index (κ1) is 16.1. The second kappa shape index (κ2) is 6.81. The van der Waals surface area contributed by atoms with Crippen LogP contribution < -0.4 is 0 Å². The van der Waals surface area contributed by atoms with Crippen molar-refractivity contribution in [1.29, 1.82) is 0 Å². The molecule has 5 heteroatoms. The van der Waals surface area contributed by atoms with Crippen molar-refractivity contribution in [2.75, 3.05) is 19.7 Å². The molecule has 122 valence electrons. The number of aliphatic hydroxyl groups excluding tert-OH is 1. The number of hydrogen-bond donors (Lipinski definition) is 1. The predicted molar refractivity (Wildman–Crippen MR) is 92.5 cm³/mol. The predicted octanol–water partition coefficient (Wildman–Crippen LogP) is 3.43. The molecule has 0 bridgehead atoms. The van der Waals surface area contributed by atoms with Crippen LogP contribution in [0.1, 0.15) is 36.7 Å². The van der Waals surface area contributed by atoms with Crippen LogP contribution in [0.4, 0.5) is 0 Å². The fourth-order valence-corrected chi connectivity index (χ4v) is 3.85. The van der Waals surface area contributed by atoms with Crippen LogP contribution in [0.15, 0.2) is 35.7 Å². The molecule has 1 aromatic carbocycles. The normalized spacial score (nSPS) is 17.2. The largest absolute Gasteiger partial charge is 0.396 e. The first-order valence-electron chi connectivity index (χ1n) is 8.08. The summed E-state index contributed by atoms with van der Waals surface area (Å²) in [5.41, 5.74) is 1.57. The maximum absolute atomic E-state index is 12.6. The first-order valence-corrected chi connectivity index (χ1v) is 8.96. The number of carbonyl (C=O) groups excluding carboxylic acids is 1. The van der Waals surface area contributed by atoms with Gasteiger partial charge in [0.15, 0.2) is 0 Å². The van der Waals surface area contributed by atoms with E-state index in [0.717, 1.165) is 29.8 Å². The van der Waals surface area contributed by atoms with Gasteiger partial charge in [-0.15, -0.1) is 11.3 Å². The van der Waals surface area contributed by atoms with Gasteiger partial charge in [0.05, 0.1) is 0 Å². The number of hydrogen-bond acceptors (Lipinski definition) is 4. The highest BCUT2D eigenvalue weighted by Gasteiger charge is 2.34. The van der Waals surface area contributed by atoms with Gasteiger partial charge < -0.3 is 10.0 Å². The number of thiazole rings is 1. The summed E-state index contributed by atoms with van der Waals surface area (Å²) in [6, 6.07) is 9.93. The van der Waals surface area contributed by atoms with Gasteiger partial charge >= 0.3 is 0 Å². The van der Waals surface area contributed by atoms with Crippen molar-refractivity contribution in [1.82, 2.24) is 9.88 Å². The lowest BCUT2D eigenvalue weighted by Crippen LogP contribution is -2.44. The van der Waals surface area contributed by atoms with Crippen LogP contribution >= 0.6 is 11.3 Å². The van der Waals surface area contributed by atoms with Crippen LogP contribution in [0, 0.1) is 5.41 Å². The number of rotatable bonds is 4. The van der Waals surface area contributed by atoms with Crippen molar-refractivity contribution in [2.24, 2.45) is 5.41 Å². The van der Waals surface area contributed by atoms with Crippen LogP contribution in [0.3, 0.4) is 0 Å². The molecule has 0 aliphatic carbocycles. The molecule has 1 aliphatic heterocycles. The van der Waals surface area contributed by atoms with Gasteiger partial charge in [0.2, 0.25) is 0 Å². The minimum Gasteiger partial charge on any atom is -0.396 e. The van der Waals surface area contributed by atoms with Crippen LogP contribution in [-0.2, 0) is 0 Å². The van der Waals surface area contributed by atoms with Crippen molar-refractivity contribution in [2.45, 2.75) is 26.2 Å². The Labute approximate surface area is 140 Å².